The number of nitrogens with two attached hydrogens (primary N) is 2. The molecule has 0 aliphatic rings. The average molecular weight is 1080 g/mol. The largest absolute Gasteiger partial charge is 0.494 e. The van der Waals surface area contributed by atoms with Crippen LogP contribution < -0.4 is 30.4 Å². The maximum absolute atomic E-state index is 15.1. The van der Waals surface area contributed by atoms with Crippen LogP contribution >= 0.6 is 0 Å². The van der Waals surface area contributed by atoms with Crippen molar-refractivity contribution < 1.29 is 81.9 Å². The second kappa shape index (κ2) is 26.1. The highest BCUT2D eigenvalue weighted by Gasteiger charge is 2.37. The van der Waals surface area contributed by atoms with Gasteiger partial charge in [-0.3, -0.25) is 0 Å². The zero-order valence-electron chi connectivity index (χ0n) is 40.9. The molecule has 20 heteroatoms. The third-order valence-electron chi connectivity index (χ3n) is 11.4. The monoisotopic (exact) mass is 1080 g/mol. The lowest BCUT2D eigenvalue weighted by molar-refractivity contribution is -0.186. The predicted molar refractivity (Wildman–Crippen MR) is 268 cm³/mol. The lowest BCUT2D eigenvalue weighted by atomic mass is 9.77. The van der Waals surface area contributed by atoms with Gasteiger partial charge in [-0.15, -0.1) is 0 Å². The van der Waals surface area contributed by atoms with Gasteiger partial charge in [0, 0.05) is 41.8 Å². The van der Waals surface area contributed by atoms with Crippen LogP contribution in [-0.2, 0) is 44.1 Å². The number of ether oxygens (including phenoxy) is 6. The zero-order valence-corrected chi connectivity index (χ0v) is 40.9. The molecule has 0 aliphatic carbocycles. The minimum Gasteiger partial charge on any atom is -0.494 e. The first-order valence-corrected chi connectivity index (χ1v) is 23.7. The molecule has 0 aromatic heterocycles. The highest BCUT2D eigenvalue weighted by molar-refractivity contribution is 5.87. The molecule has 4 N–H and O–H groups in total. The smallest absolute Gasteiger partial charge is 0.426 e. The van der Waals surface area contributed by atoms with Crippen molar-refractivity contribution in [3.63, 3.8) is 0 Å². The standard InChI is InChI=1S/C57H52F10N2O8/c58-54(59,60)31-1-33-72-47-25-13-43(14-26-47)56(64,65)76-49-21-7-39(8-22-49)11-29-51(70)74-37-53(35-41-3-17-45(68)18-4-41,36-42-5-19-46(69)20-6-42)38-75-52(71)30-12-40-9-23-50(24-10-40)77-57(66,67)44-15-27-48(28-16-44)73-34-2-32-55(61,62)63/h3-30H,1-2,31-38,68-69H2. The number of halogens is 10. The van der Waals surface area contributed by atoms with E-state index in [0.717, 1.165) is 47.5 Å². The molecule has 6 aromatic rings. The molecule has 0 bridgehead atoms. The summed E-state index contributed by atoms with van der Waals surface area (Å²) in [6.45, 7) is -1.05. The SMILES string of the molecule is Nc1ccc(CC(COC(=O)C=Cc2ccc(OC(F)(F)c3ccc(OCCCC(F)(F)F)cc3)cc2)(COC(=O)C=Cc2ccc(OC(F)(F)c3ccc(OCCCC(F)(F)F)cc3)cc2)Cc2ccc(N)cc2)cc1. The van der Waals surface area contributed by atoms with Gasteiger partial charge in [0.25, 0.3) is 0 Å². The maximum atomic E-state index is 15.1. The summed E-state index contributed by atoms with van der Waals surface area (Å²) in [7, 11) is 0. The molecule has 6 aromatic carbocycles. The van der Waals surface area contributed by atoms with E-state index in [-0.39, 0.29) is 75.1 Å². The van der Waals surface area contributed by atoms with Crippen molar-refractivity contribution in [1.29, 1.82) is 0 Å². The van der Waals surface area contributed by atoms with Gasteiger partial charge in [0.2, 0.25) is 0 Å². The fourth-order valence-corrected chi connectivity index (χ4v) is 7.44. The summed E-state index contributed by atoms with van der Waals surface area (Å²) >= 11 is 0. The third kappa shape index (κ3) is 19.8. The van der Waals surface area contributed by atoms with Crippen LogP contribution in [0.3, 0.4) is 0 Å². The topological polar surface area (TPSA) is 142 Å². The molecule has 0 saturated heterocycles. The molecular weight excluding hydrogens is 1030 g/mol. The molecule has 6 rings (SSSR count). The van der Waals surface area contributed by atoms with Crippen LogP contribution in [-0.4, -0.2) is 50.7 Å². The van der Waals surface area contributed by atoms with Crippen molar-refractivity contribution in [3.05, 3.63) is 191 Å². The van der Waals surface area contributed by atoms with Gasteiger partial charge >= 0.3 is 36.5 Å². The highest BCUT2D eigenvalue weighted by atomic mass is 19.4. The van der Waals surface area contributed by atoms with E-state index in [9.17, 15) is 35.9 Å². The Hall–Kier alpha value is -8.16. The second-order valence-electron chi connectivity index (χ2n) is 17.8. The van der Waals surface area contributed by atoms with Gasteiger partial charge in [0.05, 0.1) is 24.3 Å². The van der Waals surface area contributed by atoms with Crippen molar-refractivity contribution in [1.82, 2.24) is 0 Å². The van der Waals surface area contributed by atoms with E-state index < -0.39 is 65.9 Å². The van der Waals surface area contributed by atoms with Crippen LogP contribution in [0.1, 0.15) is 59.1 Å². The van der Waals surface area contributed by atoms with Crippen LogP contribution in [0, 0.1) is 5.41 Å². The molecule has 0 heterocycles. The molecule has 10 nitrogen and oxygen atoms in total. The molecule has 408 valence electrons. The number of nitrogen functional groups attached to an aromatic ring is 2. The molecule has 0 fully saturated rings. The molecule has 0 radical (unpaired) electrons. The van der Waals surface area contributed by atoms with Crippen molar-refractivity contribution in [2.45, 2.75) is 63.1 Å². The van der Waals surface area contributed by atoms with Gasteiger partial charge in [-0.2, -0.15) is 43.9 Å². The fourth-order valence-electron chi connectivity index (χ4n) is 7.44. The first-order valence-electron chi connectivity index (χ1n) is 23.7. The number of anilines is 2. The van der Waals surface area contributed by atoms with E-state index >= 15 is 17.6 Å². The predicted octanol–water partition coefficient (Wildman–Crippen LogP) is 13.8. The Morgan fingerprint density at radius 3 is 1.08 bits per heavy atom. The molecule has 0 atom stereocenters. The number of rotatable bonds is 26. The van der Waals surface area contributed by atoms with Crippen molar-refractivity contribution >= 4 is 35.5 Å². The van der Waals surface area contributed by atoms with Gasteiger partial charge in [-0.1, -0.05) is 48.5 Å². The molecule has 0 amide bonds. The number of alkyl halides is 10. The zero-order chi connectivity index (χ0) is 55.7. The van der Waals surface area contributed by atoms with E-state index in [2.05, 4.69) is 0 Å². The molecule has 0 spiro atoms. The van der Waals surface area contributed by atoms with Gasteiger partial charge in [0.15, 0.2) is 0 Å². The summed E-state index contributed by atoms with van der Waals surface area (Å²) in [6, 6.07) is 33.5. The van der Waals surface area contributed by atoms with E-state index in [1.165, 1.54) is 84.9 Å². The summed E-state index contributed by atoms with van der Waals surface area (Å²) in [4.78, 5) is 26.7. The van der Waals surface area contributed by atoms with Crippen LogP contribution in [0.4, 0.5) is 55.3 Å². The van der Waals surface area contributed by atoms with Crippen LogP contribution in [0.2, 0.25) is 0 Å². The Morgan fingerprint density at radius 2 is 0.753 bits per heavy atom. The van der Waals surface area contributed by atoms with Gasteiger partial charge in [0.1, 0.15) is 36.2 Å². The number of esters is 2. The lowest BCUT2D eigenvalue weighted by Gasteiger charge is -2.33. The van der Waals surface area contributed by atoms with E-state index in [1.807, 2.05) is 0 Å². The summed E-state index contributed by atoms with van der Waals surface area (Å²) < 4.78 is 167. The molecule has 0 saturated carbocycles. The number of hydrogen-bond acceptors (Lipinski definition) is 10. The Labute approximate surface area is 436 Å². The fraction of sp³-hybridized carbons (Fsp3) is 0.263. The molecule has 77 heavy (non-hydrogen) atoms. The summed E-state index contributed by atoms with van der Waals surface area (Å²) in [5, 5.41) is 0. The van der Waals surface area contributed by atoms with Crippen LogP contribution in [0.25, 0.3) is 12.2 Å². The van der Waals surface area contributed by atoms with Crippen molar-refractivity contribution in [2.75, 3.05) is 37.9 Å². The van der Waals surface area contributed by atoms with Crippen molar-refractivity contribution in [3.8, 4) is 23.0 Å². The lowest BCUT2D eigenvalue weighted by Crippen LogP contribution is -2.38. The first kappa shape index (κ1) is 58.1. The van der Waals surface area contributed by atoms with Gasteiger partial charge in [-0.05, 0) is 157 Å². The Balaban J connectivity index is 1.08. The van der Waals surface area contributed by atoms with E-state index in [4.69, 9.17) is 39.9 Å². The van der Waals surface area contributed by atoms with Crippen LogP contribution in [0.5, 0.6) is 23.0 Å². The Kier molecular flexibility index (Phi) is 19.7. The van der Waals surface area contributed by atoms with Crippen LogP contribution in [0.15, 0.2) is 158 Å². The third-order valence-corrected chi connectivity index (χ3v) is 11.4. The Morgan fingerprint density at radius 1 is 0.429 bits per heavy atom. The normalized spacial score (nSPS) is 12.4. The summed E-state index contributed by atoms with van der Waals surface area (Å²) in [5.41, 5.74) is 13.1. The molecular formula is C57H52F10N2O8. The highest BCUT2D eigenvalue weighted by Crippen LogP contribution is 2.36. The Bertz CT molecular complexity index is 2680. The van der Waals surface area contributed by atoms with E-state index in [0.29, 0.717) is 22.5 Å². The summed E-state index contributed by atoms with van der Waals surface area (Å²) in [6.07, 6.45) is -13.5. The first-order chi connectivity index (χ1) is 36.4. The quantitative estimate of drug-likeness (QED) is 0.0177. The number of benzene rings is 6. The number of hydrogen-bond donors (Lipinski definition) is 2. The number of carbonyl (C=O) groups is 2. The maximum Gasteiger partial charge on any atom is 0.426 e. The molecule has 0 unspecified atom stereocenters. The molecule has 0 aliphatic heterocycles. The van der Waals surface area contributed by atoms with Gasteiger partial charge in [-0.25, -0.2) is 9.59 Å². The van der Waals surface area contributed by atoms with Gasteiger partial charge < -0.3 is 39.9 Å². The second-order valence-corrected chi connectivity index (χ2v) is 17.8. The number of carbonyl (C=O) groups excluding carboxylic acids is 2. The average Bonchev–Trinajstić information content (AvgIpc) is 3.38. The minimum atomic E-state index is -4.33. The summed E-state index contributed by atoms with van der Waals surface area (Å²) in [5.74, 6) is -1.78. The minimum absolute atomic E-state index is 0.110. The van der Waals surface area contributed by atoms with Crippen molar-refractivity contribution in [2.24, 2.45) is 5.41 Å². The van der Waals surface area contributed by atoms with E-state index in [1.54, 1.807) is 48.5 Å².